The van der Waals surface area contributed by atoms with Gasteiger partial charge in [-0.15, -0.1) is 0 Å². The van der Waals surface area contributed by atoms with E-state index in [2.05, 4.69) is 0 Å². The number of benzene rings is 1. The van der Waals surface area contributed by atoms with E-state index in [1.165, 1.54) is 0 Å². The zero-order chi connectivity index (χ0) is 12.8. The lowest BCUT2D eigenvalue weighted by molar-refractivity contribution is -0.159. The molecule has 2 rings (SSSR count). The van der Waals surface area contributed by atoms with Gasteiger partial charge in [0.2, 0.25) is 0 Å². The summed E-state index contributed by atoms with van der Waals surface area (Å²) in [6.45, 7) is 1.25. The minimum Gasteiger partial charge on any atom is -0.493 e. The van der Waals surface area contributed by atoms with Gasteiger partial charge in [0.15, 0.2) is 11.5 Å². The lowest BCUT2D eigenvalue weighted by atomic mass is 10.3. The van der Waals surface area contributed by atoms with Crippen LogP contribution in [-0.2, 0) is 9.47 Å². The van der Waals surface area contributed by atoms with E-state index in [0.717, 1.165) is 0 Å². The van der Waals surface area contributed by atoms with Crippen molar-refractivity contribution in [3.63, 3.8) is 0 Å². The quantitative estimate of drug-likeness (QED) is 0.844. The molecule has 2 atom stereocenters. The molecular weight excluding hydrogens is 236 g/mol. The maximum Gasteiger partial charge on any atom is 0.161 e. The van der Waals surface area contributed by atoms with Crippen molar-refractivity contribution in [2.45, 2.75) is 12.2 Å². The van der Waals surface area contributed by atoms with E-state index < -0.39 is 0 Å². The first kappa shape index (κ1) is 13.1. The Kier molecular flexibility index (Phi) is 4.81. The van der Waals surface area contributed by atoms with Crippen molar-refractivity contribution in [2.75, 3.05) is 33.5 Å². The highest BCUT2D eigenvalue weighted by atomic mass is 16.6. The number of para-hydroxylation sites is 2. The average molecular weight is 254 g/mol. The Bertz CT molecular complexity index is 368. The molecule has 100 valence electrons. The van der Waals surface area contributed by atoms with E-state index >= 15 is 0 Å². The second-order valence-corrected chi connectivity index (χ2v) is 4.06. The van der Waals surface area contributed by atoms with Crippen LogP contribution in [0, 0.1) is 0 Å². The van der Waals surface area contributed by atoms with Gasteiger partial charge in [-0.1, -0.05) is 12.1 Å². The first-order chi connectivity index (χ1) is 8.83. The van der Waals surface area contributed by atoms with Gasteiger partial charge in [-0.05, 0) is 12.1 Å². The summed E-state index contributed by atoms with van der Waals surface area (Å²) < 4.78 is 21.8. The molecule has 18 heavy (non-hydrogen) atoms. The summed E-state index contributed by atoms with van der Waals surface area (Å²) in [6, 6.07) is 7.44. The second-order valence-electron chi connectivity index (χ2n) is 4.06. The number of hydrogen-bond acceptors (Lipinski definition) is 5. The minimum atomic E-state index is -0.259. The topological polar surface area (TPSA) is 57.2 Å². The van der Waals surface area contributed by atoms with Crippen LogP contribution in [0.4, 0.5) is 0 Å². The zero-order valence-corrected chi connectivity index (χ0v) is 10.4. The Morgan fingerprint density at radius 3 is 2.67 bits per heavy atom. The van der Waals surface area contributed by atoms with Crippen molar-refractivity contribution in [3.8, 4) is 11.5 Å². The molecule has 1 aromatic rings. The molecule has 1 aliphatic heterocycles. The molecule has 1 aliphatic rings. The Labute approximate surface area is 106 Å². The predicted molar refractivity (Wildman–Crippen MR) is 65.1 cm³/mol. The van der Waals surface area contributed by atoms with Gasteiger partial charge in [0, 0.05) is 0 Å². The summed E-state index contributed by atoms with van der Waals surface area (Å²) in [5.74, 6) is 1.36. The first-order valence-electron chi connectivity index (χ1n) is 5.93. The lowest BCUT2D eigenvalue weighted by Crippen LogP contribution is -2.41. The highest BCUT2D eigenvalue weighted by Gasteiger charge is 2.23. The van der Waals surface area contributed by atoms with Gasteiger partial charge >= 0.3 is 0 Å². The molecule has 0 amide bonds. The summed E-state index contributed by atoms with van der Waals surface area (Å²) in [7, 11) is 1.60. The monoisotopic (exact) mass is 254 g/mol. The summed E-state index contributed by atoms with van der Waals surface area (Å²) in [4.78, 5) is 0. The van der Waals surface area contributed by atoms with Crippen LogP contribution >= 0.6 is 0 Å². The third-order valence-electron chi connectivity index (χ3n) is 2.69. The molecule has 1 saturated heterocycles. The van der Waals surface area contributed by atoms with Crippen LogP contribution in [0.1, 0.15) is 0 Å². The average Bonchev–Trinajstić information content (AvgIpc) is 2.45. The fourth-order valence-electron chi connectivity index (χ4n) is 1.79. The summed E-state index contributed by atoms with van der Waals surface area (Å²) in [6.07, 6.45) is -0.425. The maximum atomic E-state index is 9.01. The number of methoxy groups -OCH3 is 1. The van der Waals surface area contributed by atoms with Gasteiger partial charge in [0.25, 0.3) is 0 Å². The van der Waals surface area contributed by atoms with Crippen LogP contribution in [0.15, 0.2) is 24.3 Å². The van der Waals surface area contributed by atoms with Gasteiger partial charge in [0.1, 0.15) is 18.8 Å². The van der Waals surface area contributed by atoms with Crippen LogP contribution in [-0.4, -0.2) is 50.9 Å². The predicted octanol–water partition coefficient (Wildman–Crippen LogP) is 0.850. The first-order valence-corrected chi connectivity index (χ1v) is 5.93. The highest BCUT2D eigenvalue weighted by Crippen LogP contribution is 2.26. The van der Waals surface area contributed by atoms with Crippen molar-refractivity contribution in [1.82, 2.24) is 0 Å². The largest absolute Gasteiger partial charge is 0.493 e. The third-order valence-corrected chi connectivity index (χ3v) is 2.69. The Balaban J connectivity index is 1.87. The molecule has 1 fully saturated rings. The molecule has 0 aromatic heterocycles. The molecule has 0 aliphatic carbocycles. The molecule has 2 unspecified atom stereocenters. The number of rotatable bonds is 5. The summed E-state index contributed by atoms with van der Waals surface area (Å²) in [5, 5.41) is 9.01. The third kappa shape index (κ3) is 3.35. The van der Waals surface area contributed by atoms with Crippen LogP contribution in [0.2, 0.25) is 0 Å². The van der Waals surface area contributed by atoms with Gasteiger partial charge in [-0.2, -0.15) is 0 Å². The van der Waals surface area contributed by atoms with E-state index in [1.807, 2.05) is 24.3 Å². The Morgan fingerprint density at radius 2 is 1.94 bits per heavy atom. The van der Waals surface area contributed by atoms with Crippen molar-refractivity contribution in [1.29, 1.82) is 0 Å². The van der Waals surface area contributed by atoms with Crippen molar-refractivity contribution >= 4 is 0 Å². The number of aliphatic hydroxyl groups is 1. The number of aliphatic hydroxyl groups excluding tert-OH is 1. The van der Waals surface area contributed by atoms with E-state index in [1.54, 1.807) is 7.11 Å². The smallest absolute Gasteiger partial charge is 0.161 e. The van der Waals surface area contributed by atoms with E-state index in [0.29, 0.717) is 31.3 Å². The van der Waals surface area contributed by atoms with Gasteiger partial charge in [-0.25, -0.2) is 0 Å². The van der Waals surface area contributed by atoms with Gasteiger partial charge in [0.05, 0.1) is 26.9 Å². The maximum absolute atomic E-state index is 9.01. The van der Waals surface area contributed by atoms with Crippen LogP contribution < -0.4 is 9.47 Å². The highest BCUT2D eigenvalue weighted by molar-refractivity contribution is 5.39. The molecule has 0 saturated carbocycles. The Morgan fingerprint density at radius 1 is 1.22 bits per heavy atom. The fraction of sp³-hybridized carbons (Fsp3) is 0.538. The molecule has 5 nitrogen and oxygen atoms in total. The molecule has 1 aromatic carbocycles. The van der Waals surface area contributed by atoms with Crippen molar-refractivity contribution < 1.29 is 24.1 Å². The van der Waals surface area contributed by atoms with Gasteiger partial charge < -0.3 is 24.1 Å². The normalized spacial score (nSPS) is 23.7. The summed E-state index contributed by atoms with van der Waals surface area (Å²) in [5.41, 5.74) is 0. The van der Waals surface area contributed by atoms with E-state index in [9.17, 15) is 0 Å². The number of hydrogen-bond donors (Lipinski definition) is 1. The molecule has 0 radical (unpaired) electrons. The SMILES string of the molecule is COc1ccccc1OCC1COCC(CO)O1. The van der Waals surface area contributed by atoms with E-state index in [4.69, 9.17) is 24.1 Å². The molecule has 0 spiro atoms. The van der Waals surface area contributed by atoms with Crippen LogP contribution in [0.3, 0.4) is 0 Å². The number of ether oxygens (including phenoxy) is 4. The van der Waals surface area contributed by atoms with Crippen LogP contribution in [0.5, 0.6) is 11.5 Å². The molecule has 0 bridgehead atoms. The molecule has 1 N–H and O–H groups in total. The molecule has 1 heterocycles. The minimum absolute atomic E-state index is 0.0365. The second kappa shape index (κ2) is 6.58. The molecule has 5 heteroatoms. The standard InChI is InChI=1S/C13H18O5/c1-15-12-4-2-3-5-13(12)17-9-11-8-16-7-10(6-14)18-11/h2-5,10-11,14H,6-9H2,1H3. The van der Waals surface area contributed by atoms with Crippen molar-refractivity contribution in [2.24, 2.45) is 0 Å². The fourth-order valence-corrected chi connectivity index (χ4v) is 1.79. The van der Waals surface area contributed by atoms with E-state index in [-0.39, 0.29) is 18.8 Å². The van der Waals surface area contributed by atoms with Gasteiger partial charge in [-0.3, -0.25) is 0 Å². The summed E-state index contributed by atoms with van der Waals surface area (Å²) >= 11 is 0. The van der Waals surface area contributed by atoms with Crippen LogP contribution in [0.25, 0.3) is 0 Å². The molecular formula is C13H18O5. The Hall–Kier alpha value is -1.30. The van der Waals surface area contributed by atoms with Crippen molar-refractivity contribution in [3.05, 3.63) is 24.3 Å². The lowest BCUT2D eigenvalue weighted by Gasteiger charge is -2.29. The zero-order valence-electron chi connectivity index (χ0n) is 10.4.